The maximum absolute atomic E-state index is 12.8. The number of piperidine rings is 1. The summed E-state index contributed by atoms with van der Waals surface area (Å²) in [5, 5.41) is 2.81. The Balaban J connectivity index is 1.99. The lowest BCUT2D eigenvalue weighted by Crippen LogP contribution is -2.47. The number of nitrogen functional groups attached to an aromatic ring is 1. The molecule has 0 aliphatic carbocycles. The van der Waals surface area contributed by atoms with Gasteiger partial charge in [0.2, 0.25) is 10.0 Å². The van der Waals surface area contributed by atoms with E-state index in [2.05, 4.69) is 5.32 Å². The van der Waals surface area contributed by atoms with Crippen molar-refractivity contribution in [2.24, 2.45) is 0 Å². The van der Waals surface area contributed by atoms with Crippen LogP contribution in [0.5, 0.6) is 0 Å². The van der Waals surface area contributed by atoms with Crippen LogP contribution in [0, 0.1) is 6.92 Å². The molecule has 1 saturated heterocycles. The Morgan fingerprint density at radius 3 is 2.44 bits per heavy atom. The molecule has 0 radical (unpaired) electrons. The molecule has 0 aromatic heterocycles. The summed E-state index contributed by atoms with van der Waals surface area (Å²) in [4.78, 5) is 12.1. The van der Waals surface area contributed by atoms with Gasteiger partial charge in [-0.25, -0.2) is 13.2 Å². The number of ether oxygens (including phenoxy) is 1. The van der Waals surface area contributed by atoms with E-state index in [1.54, 1.807) is 39.8 Å². The highest BCUT2D eigenvalue weighted by atomic mass is 32.2. The van der Waals surface area contributed by atoms with Crippen LogP contribution in [0.2, 0.25) is 0 Å². The van der Waals surface area contributed by atoms with Crippen molar-refractivity contribution < 1.29 is 17.9 Å². The second-order valence-corrected chi connectivity index (χ2v) is 9.26. The first kappa shape index (κ1) is 19.5. The second-order valence-electron chi connectivity index (χ2n) is 7.35. The first-order valence-corrected chi connectivity index (χ1v) is 9.79. The number of sulfonamides is 1. The quantitative estimate of drug-likeness (QED) is 0.796. The Morgan fingerprint density at radius 2 is 1.88 bits per heavy atom. The van der Waals surface area contributed by atoms with E-state index < -0.39 is 21.7 Å². The minimum Gasteiger partial charge on any atom is -0.444 e. The molecule has 7 nitrogen and oxygen atoms in total. The Morgan fingerprint density at radius 1 is 1.28 bits per heavy atom. The van der Waals surface area contributed by atoms with Crippen LogP contribution in [-0.4, -0.2) is 43.5 Å². The first-order valence-electron chi connectivity index (χ1n) is 8.35. The van der Waals surface area contributed by atoms with Crippen LogP contribution >= 0.6 is 0 Å². The molecule has 1 amide bonds. The molecule has 1 aromatic rings. The molecule has 25 heavy (non-hydrogen) atoms. The molecule has 140 valence electrons. The number of nitrogens with one attached hydrogen (secondary N) is 1. The van der Waals surface area contributed by atoms with E-state index >= 15 is 0 Å². The zero-order valence-electron chi connectivity index (χ0n) is 15.2. The van der Waals surface area contributed by atoms with Gasteiger partial charge in [0.05, 0.1) is 4.90 Å². The SMILES string of the molecule is Cc1ccc(N)cc1S(=O)(=O)N1CCC(NC(=O)OC(C)(C)C)CC1. The standard InChI is InChI=1S/C17H27N3O4S/c1-12-5-6-13(18)11-15(12)25(22,23)20-9-7-14(8-10-20)19-16(21)24-17(2,3)4/h5-6,11,14H,7-10,18H2,1-4H3,(H,19,21). The second kappa shape index (κ2) is 7.21. The number of anilines is 1. The highest BCUT2D eigenvalue weighted by Gasteiger charge is 2.31. The number of carbonyl (C=O) groups is 1. The largest absolute Gasteiger partial charge is 0.444 e. The van der Waals surface area contributed by atoms with Gasteiger partial charge in [-0.3, -0.25) is 0 Å². The van der Waals surface area contributed by atoms with E-state index in [4.69, 9.17) is 10.5 Å². The molecule has 0 unspecified atom stereocenters. The summed E-state index contributed by atoms with van der Waals surface area (Å²) in [6.07, 6.45) is 0.611. The first-order chi connectivity index (χ1) is 11.5. The van der Waals surface area contributed by atoms with Gasteiger partial charge < -0.3 is 15.8 Å². The number of alkyl carbamates (subject to hydrolysis) is 1. The number of carbonyl (C=O) groups excluding carboxylic acids is 1. The van der Waals surface area contributed by atoms with Crippen molar-refractivity contribution in [3.05, 3.63) is 23.8 Å². The van der Waals surface area contributed by atoms with Crippen molar-refractivity contribution in [1.82, 2.24) is 9.62 Å². The molecular weight excluding hydrogens is 342 g/mol. The predicted octanol–water partition coefficient (Wildman–Crippen LogP) is 2.26. The number of nitrogens with two attached hydrogens (primary N) is 1. The number of rotatable bonds is 3. The maximum Gasteiger partial charge on any atom is 0.407 e. The number of nitrogens with zero attached hydrogens (tertiary/aromatic N) is 1. The Bertz CT molecular complexity index is 733. The fourth-order valence-electron chi connectivity index (χ4n) is 2.75. The molecule has 1 aromatic carbocycles. The van der Waals surface area contributed by atoms with Gasteiger partial charge in [0.25, 0.3) is 0 Å². The Labute approximate surface area is 149 Å². The van der Waals surface area contributed by atoms with Crippen molar-refractivity contribution in [2.75, 3.05) is 18.8 Å². The molecule has 2 rings (SSSR count). The van der Waals surface area contributed by atoms with Gasteiger partial charge in [-0.2, -0.15) is 4.31 Å². The molecule has 0 spiro atoms. The van der Waals surface area contributed by atoms with E-state index in [1.165, 1.54) is 10.4 Å². The van der Waals surface area contributed by atoms with Gasteiger partial charge in [0, 0.05) is 24.8 Å². The van der Waals surface area contributed by atoms with Crippen molar-refractivity contribution in [3.63, 3.8) is 0 Å². The lowest BCUT2D eigenvalue weighted by atomic mass is 10.1. The number of hydrogen-bond donors (Lipinski definition) is 2. The summed E-state index contributed by atoms with van der Waals surface area (Å²) in [5.41, 5.74) is 6.27. The minimum atomic E-state index is -3.59. The van der Waals surface area contributed by atoms with E-state index in [0.29, 0.717) is 37.2 Å². The fraction of sp³-hybridized carbons (Fsp3) is 0.588. The van der Waals surface area contributed by atoms with E-state index in [1.807, 2.05) is 0 Å². The summed E-state index contributed by atoms with van der Waals surface area (Å²) in [6, 6.07) is 4.79. The average Bonchev–Trinajstić information content (AvgIpc) is 2.48. The van der Waals surface area contributed by atoms with Crippen LogP contribution in [-0.2, 0) is 14.8 Å². The zero-order chi connectivity index (χ0) is 18.8. The third-order valence-corrected chi connectivity index (χ3v) is 6.05. The smallest absolute Gasteiger partial charge is 0.407 e. The van der Waals surface area contributed by atoms with E-state index in [-0.39, 0.29) is 10.9 Å². The van der Waals surface area contributed by atoms with Crippen LogP contribution in [0.15, 0.2) is 23.1 Å². The van der Waals surface area contributed by atoms with Gasteiger partial charge in [-0.1, -0.05) is 6.07 Å². The number of aryl methyl sites for hydroxylation is 1. The minimum absolute atomic E-state index is 0.0942. The lowest BCUT2D eigenvalue weighted by molar-refractivity contribution is 0.0489. The molecule has 3 N–H and O–H groups in total. The van der Waals surface area contributed by atoms with Crippen molar-refractivity contribution >= 4 is 21.8 Å². The molecule has 0 saturated carbocycles. The maximum atomic E-state index is 12.8. The number of benzene rings is 1. The normalized spacial score (nSPS) is 17.3. The third kappa shape index (κ3) is 5.09. The summed E-state index contributed by atoms with van der Waals surface area (Å²) < 4.78 is 32.4. The van der Waals surface area contributed by atoms with Gasteiger partial charge in [-0.05, 0) is 58.2 Å². The molecule has 1 aliphatic rings. The molecule has 0 bridgehead atoms. The fourth-order valence-corrected chi connectivity index (χ4v) is 4.48. The number of hydrogen-bond acceptors (Lipinski definition) is 5. The van der Waals surface area contributed by atoms with E-state index in [0.717, 1.165) is 0 Å². The number of amides is 1. The summed E-state index contributed by atoms with van der Waals surface area (Å²) in [6.45, 7) is 7.85. The lowest BCUT2D eigenvalue weighted by Gasteiger charge is -2.32. The molecule has 8 heteroatoms. The predicted molar refractivity (Wildman–Crippen MR) is 96.7 cm³/mol. The highest BCUT2D eigenvalue weighted by Crippen LogP contribution is 2.25. The van der Waals surface area contributed by atoms with E-state index in [9.17, 15) is 13.2 Å². The van der Waals surface area contributed by atoms with Gasteiger partial charge in [0.15, 0.2) is 0 Å². The highest BCUT2D eigenvalue weighted by molar-refractivity contribution is 7.89. The van der Waals surface area contributed by atoms with Crippen LogP contribution in [0.4, 0.5) is 10.5 Å². The van der Waals surface area contributed by atoms with Gasteiger partial charge in [-0.15, -0.1) is 0 Å². The third-order valence-electron chi connectivity index (χ3n) is 4.00. The van der Waals surface area contributed by atoms with Gasteiger partial charge in [0.1, 0.15) is 5.60 Å². The Kier molecular flexibility index (Phi) is 5.63. The topological polar surface area (TPSA) is 102 Å². The monoisotopic (exact) mass is 369 g/mol. The summed E-state index contributed by atoms with van der Waals surface area (Å²) in [5.74, 6) is 0. The van der Waals surface area contributed by atoms with Crippen LogP contribution in [0.1, 0.15) is 39.2 Å². The molecule has 1 aliphatic heterocycles. The molecule has 1 heterocycles. The molecule has 0 atom stereocenters. The Hall–Kier alpha value is -1.80. The molecular formula is C17H27N3O4S. The zero-order valence-corrected chi connectivity index (χ0v) is 16.0. The van der Waals surface area contributed by atoms with Crippen LogP contribution in [0.3, 0.4) is 0 Å². The summed E-state index contributed by atoms with van der Waals surface area (Å²) in [7, 11) is -3.59. The van der Waals surface area contributed by atoms with Crippen LogP contribution < -0.4 is 11.1 Å². The summed E-state index contributed by atoms with van der Waals surface area (Å²) >= 11 is 0. The van der Waals surface area contributed by atoms with Crippen molar-refractivity contribution in [1.29, 1.82) is 0 Å². The van der Waals surface area contributed by atoms with Gasteiger partial charge >= 0.3 is 6.09 Å². The van der Waals surface area contributed by atoms with Crippen molar-refractivity contribution in [2.45, 2.75) is 57.1 Å². The average molecular weight is 369 g/mol. The van der Waals surface area contributed by atoms with Crippen molar-refractivity contribution in [3.8, 4) is 0 Å². The molecule has 1 fully saturated rings. The van der Waals surface area contributed by atoms with Crippen LogP contribution in [0.25, 0.3) is 0 Å².